The lowest BCUT2D eigenvalue weighted by atomic mass is 9.96. The molecule has 2 atom stereocenters. The van der Waals surface area contributed by atoms with Crippen LogP contribution in [0.1, 0.15) is 26.3 Å². The molecule has 2 unspecified atom stereocenters. The highest BCUT2D eigenvalue weighted by molar-refractivity contribution is 7.36. The van der Waals surface area contributed by atoms with E-state index in [0.29, 0.717) is 0 Å². The van der Waals surface area contributed by atoms with Crippen LogP contribution in [0.25, 0.3) is 0 Å². The first-order valence-electron chi connectivity index (χ1n) is 5.90. The van der Waals surface area contributed by atoms with Crippen molar-refractivity contribution in [2.45, 2.75) is 33.2 Å². The monoisotopic (exact) mass is 254 g/mol. The van der Waals surface area contributed by atoms with Gasteiger partial charge in [-0.25, -0.2) is 0 Å². The van der Waals surface area contributed by atoms with Crippen molar-refractivity contribution in [1.82, 2.24) is 0 Å². The summed E-state index contributed by atoms with van der Waals surface area (Å²) in [7, 11) is 2.64. The maximum Gasteiger partial charge on any atom is 0.204 e. The van der Waals surface area contributed by atoms with Crippen molar-refractivity contribution < 1.29 is 9.47 Å². The maximum atomic E-state index is 5.84. The molecule has 0 aliphatic carbocycles. The van der Waals surface area contributed by atoms with E-state index in [1.54, 1.807) is 7.11 Å². The van der Waals surface area contributed by atoms with E-state index < -0.39 is 0 Å². The Bertz CT molecular complexity index is 327. The third kappa shape index (κ3) is 4.65. The van der Waals surface area contributed by atoms with E-state index in [1.807, 2.05) is 12.1 Å². The Hall–Kier alpha value is -0.590. The summed E-state index contributed by atoms with van der Waals surface area (Å²) < 4.78 is 11.2. The van der Waals surface area contributed by atoms with E-state index in [9.17, 15) is 0 Å². The summed E-state index contributed by atoms with van der Waals surface area (Å²) in [4.78, 5) is 0. The number of hydrogen-bond acceptors (Lipinski definition) is 2. The summed E-state index contributed by atoms with van der Waals surface area (Å²) in [6, 6.07) is 8.29. The fourth-order valence-corrected chi connectivity index (χ4v) is 2.24. The zero-order chi connectivity index (χ0) is 12.9. The second-order valence-electron chi connectivity index (χ2n) is 5.23. The number of hydrogen-bond donors (Lipinski definition) is 0. The molecule has 3 heteroatoms. The van der Waals surface area contributed by atoms with Crippen LogP contribution in [-0.4, -0.2) is 20.1 Å². The Kier molecular flexibility index (Phi) is 5.42. The third-order valence-electron chi connectivity index (χ3n) is 2.47. The van der Waals surface area contributed by atoms with Crippen molar-refractivity contribution in [1.29, 1.82) is 0 Å². The smallest absolute Gasteiger partial charge is 0.204 e. The van der Waals surface area contributed by atoms with Gasteiger partial charge in [0.2, 0.25) is 6.29 Å². The van der Waals surface area contributed by atoms with Crippen molar-refractivity contribution in [2.75, 3.05) is 13.8 Å². The highest BCUT2D eigenvalue weighted by atomic mass is 31.1. The Morgan fingerprint density at radius 1 is 1.18 bits per heavy atom. The molecule has 0 heterocycles. The van der Waals surface area contributed by atoms with Gasteiger partial charge in [0.1, 0.15) is 5.75 Å². The van der Waals surface area contributed by atoms with Gasteiger partial charge in [-0.1, -0.05) is 32.9 Å². The number of benzene rings is 1. The lowest BCUT2D eigenvalue weighted by molar-refractivity contribution is -0.120. The van der Waals surface area contributed by atoms with E-state index in [2.05, 4.69) is 39.6 Å². The predicted molar refractivity (Wildman–Crippen MR) is 75.3 cm³/mol. The van der Waals surface area contributed by atoms with Crippen molar-refractivity contribution >= 4 is 8.58 Å². The first-order valence-corrected chi connectivity index (χ1v) is 7.61. The Balaban J connectivity index is 2.67. The molecule has 0 radical (unpaired) electrons. The number of ether oxygens (including phenoxy) is 2. The SMILES string of the molecule is COC(Oc1ccc(CPC)cc1)C(C)(C)C. The molecule has 0 aromatic heterocycles. The first kappa shape index (κ1) is 14.5. The summed E-state index contributed by atoms with van der Waals surface area (Å²) in [6.07, 6.45) is 0.925. The van der Waals surface area contributed by atoms with Gasteiger partial charge in [0.25, 0.3) is 0 Å². The summed E-state index contributed by atoms with van der Waals surface area (Å²) in [5, 5.41) is 0. The Morgan fingerprint density at radius 3 is 2.18 bits per heavy atom. The van der Waals surface area contributed by atoms with Crippen molar-refractivity contribution in [2.24, 2.45) is 5.41 Å². The van der Waals surface area contributed by atoms with Crippen LogP contribution in [0.3, 0.4) is 0 Å². The van der Waals surface area contributed by atoms with E-state index in [4.69, 9.17) is 9.47 Å². The van der Waals surface area contributed by atoms with Crippen molar-refractivity contribution in [3.05, 3.63) is 29.8 Å². The second-order valence-corrected chi connectivity index (χ2v) is 6.29. The molecule has 17 heavy (non-hydrogen) atoms. The standard InChI is InChI=1S/C14H23O2P/c1-14(2,3)13(15-4)16-12-8-6-11(7-9-12)10-17-5/h6-9,13,17H,10H2,1-5H3. The van der Waals surface area contributed by atoms with Gasteiger partial charge in [-0.2, -0.15) is 0 Å². The predicted octanol–water partition coefficient (Wildman–Crippen LogP) is 3.89. The van der Waals surface area contributed by atoms with E-state index >= 15 is 0 Å². The molecule has 0 amide bonds. The molecule has 1 aromatic carbocycles. The van der Waals surface area contributed by atoms with Crippen LogP contribution in [0.4, 0.5) is 0 Å². The zero-order valence-electron chi connectivity index (χ0n) is 11.4. The molecular weight excluding hydrogens is 231 g/mol. The highest BCUT2D eigenvalue weighted by Crippen LogP contribution is 2.26. The molecular formula is C14H23O2P. The molecule has 0 saturated heterocycles. The van der Waals surface area contributed by atoms with Crippen molar-refractivity contribution in [3.63, 3.8) is 0 Å². The maximum absolute atomic E-state index is 5.84. The van der Waals surface area contributed by atoms with Gasteiger partial charge >= 0.3 is 0 Å². The Morgan fingerprint density at radius 2 is 1.76 bits per heavy atom. The average Bonchev–Trinajstić information content (AvgIpc) is 2.27. The van der Waals surface area contributed by atoms with Gasteiger partial charge in [-0.15, -0.1) is 8.58 Å². The van der Waals surface area contributed by atoms with Crippen LogP contribution in [0.5, 0.6) is 5.75 Å². The fourth-order valence-electron chi connectivity index (χ4n) is 1.59. The highest BCUT2D eigenvalue weighted by Gasteiger charge is 2.26. The largest absolute Gasteiger partial charge is 0.464 e. The fraction of sp³-hybridized carbons (Fsp3) is 0.571. The number of methoxy groups -OCH3 is 1. The quantitative estimate of drug-likeness (QED) is 0.586. The number of rotatable bonds is 5. The topological polar surface area (TPSA) is 18.5 Å². The van der Waals surface area contributed by atoms with Gasteiger partial charge in [0.05, 0.1) is 0 Å². The Labute approximate surface area is 106 Å². The minimum atomic E-state index is -0.221. The van der Waals surface area contributed by atoms with Crippen LogP contribution < -0.4 is 4.74 Å². The molecule has 1 aromatic rings. The minimum Gasteiger partial charge on any atom is -0.464 e. The molecule has 0 fully saturated rings. The van der Waals surface area contributed by atoms with E-state index in [-0.39, 0.29) is 11.7 Å². The van der Waals surface area contributed by atoms with Crippen LogP contribution in [0, 0.1) is 5.41 Å². The van der Waals surface area contributed by atoms with Crippen LogP contribution in [0.15, 0.2) is 24.3 Å². The first-order chi connectivity index (χ1) is 7.97. The normalized spacial score (nSPS) is 14.2. The molecule has 0 spiro atoms. The van der Waals surface area contributed by atoms with Gasteiger partial charge in [0.15, 0.2) is 0 Å². The molecule has 0 saturated carbocycles. The van der Waals surface area contributed by atoms with E-state index in [1.165, 1.54) is 5.56 Å². The molecule has 0 bridgehead atoms. The average molecular weight is 254 g/mol. The summed E-state index contributed by atoms with van der Waals surface area (Å²) in [6.45, 7) is 8.53. The molecule has 0 aliphatic rings. The third-order valence-corrected chi connectivity index (χ3v) is 3.23. The molecule has 2 nitrogen and oxygen atoms in total. The van der Waals surface area contributed by atoms with Crippen LogP contribution >= 0.6 is 8.58 Å². The second kappa shape index (κ2) is 6.37. The molecule has 1 rings (SSSR count). The van der Waals surface area contributed by atoms with Crippen molar-refractivity contribution in [3.8, 4) is 5.75 Å². The molecule has 0 aliphatic heterocycles. The lowest BCUT2D eigenvalue weighted by Crippen LogP contribution is -2.33. The van der Waals surface area contributed by atoms with Gasteiger partial charge in [-0.05, 0) is 30.5 Å². The van der Waals surface area contributed by atoms with E-state index in [0.717, 1.165) is 20.5 Å². The molecule has 96 valence electrons. The van der Waals surface area contributed by atoms with Crippen LogP contribution in [0.2, 0.25) is 0 Å². The van der Waals surface area contributed by atoms with Gasteiger partial charge < -0.3 is 9.47 Å². The lowest BCUT2D eigenvalue weighted by Gasteiger charge is -2.29. The minimum absolute atomic E-state index is 0.0295. The van der Waals surface area contributed by atoms with Crippen LogP contribution in [-0.2, 0) is 10.9 Å². The summed E-state index contributed by atoms with van der Waals surface area (Å²) in [5.74, 6) is 0.870. The summed E-state index contributed by atoms with van der Waals surface area (Å²) in [5.41, 5.74) is 1.33. The van der Waals surface area contributed by atoms with Gasteiger partial charge in [0, 0.05) is 12.5 Å². The zero-order valence-corrected chi connectivity index (χ0v) is 12.4. The van der Waals surface area contributed by atoms with Gasteiger partial charge in [-0.3, -0.25) is 0 Å². The summed E-state index contributed by atoms with van der Waals surface area (Å²) >= 11 is 0. The molecule has 0 N–H and O–H groups in total.